The minimum Gasteiger partial charge on any atom is -0.303 e. The van der Waals surface area contributed by atoms with Gasteiger partial charge in [-0.3, -0.25) is 0 Å². The summed E-state index contributed by atoms with van der Waals surface area (Å²) in [5.41, 5.74) is 1.22. The van der Waals surface area contributed by atoms with Crippen LogP contribution in [-0.4, -0.2) is 68.8 Å². The molecule has 1 saturated heterocycles. The lowest BCUT2D eigenvalue weighted by Crippen LogP contribution is -2.39. The Labute approximate surface area is 246 Å². The van der Waals surface area contributed by atoms with Crippen molar-refractivity contribution in [3.05, 3.63) is 89.5 Å². The Balaban J connectivity index is 1.36. The van der Waals surface area contributed by atoms with Crippen LogP contribution in [0.15, 0.2) is 81.4 Å². The van der Waals surface area contributed by atoms with E-state index in [0.717, 1.165) is 37.0 Å². The Morgan fingerprint density at radius 2 is 1.21 bits per heavy atom. The standard InChI is InChI=1S/C29H34F2N2O6S3/c1-40(34,35)26-5-3-22(4-6-26)29(23-17-24(30)19-25(31)18-23)13-16-33-14-11-21(12-15-33)20-32-42(38,39)28-9-7-27(8-10-28)41(2,36)37/h3-10,17-19,21,29,32H,11-16,20H2,1-2H3. The zero-order valence-corrected chi connectivity index (χ0v) is 25.8. The van der Waals surface area contributed by atoms with E-state index in [1.54, 1.807) is 12.1 Å². The second kappa shape index (κ2) is 12.9. The molecule has 3 aromatic carbocycles. The average Bonchev–Trinajstić information content (AvgIpc) is 2.92. The van der Waals surface area contributed by atoms with E-state index in [2.05, 4.69) is 9.62 Å². The van der Waals surface area contributed by atoms with Gasteiger partial charge in [0.25, 0.3) is 0 Å². The molecule has 13 heteroatoms. The molecule has 1 aliphatic heterocycles. The maximum absolute atomic E-state index is 14.1. The highest BCUT2D eigenvalue weighted by Gasteiger charge is 2.24. The van der Waals surface area contributed by atoms with Gasteiger partial charge in [-0.15, -0.1) is 0 Å². The molecule has 1 aliphatic rings. The molecule has 3 aromatic rings. The van der Waals surface area contributed by atoms with E-state index in [1.807, 2.05) is 0 Å². The van der Waals surface area contributed by atoms with Gasteiger partial charge in [0.2, 0.25) is 10.0 Å². The third-order valence-corrected chi connectivity index (χ3v) is 11.3. The van der Waals surface area contributed by atoms with Crippen molar-refractivity contribution < 1.29 is 34.0 Å². The molecule has 42 heavy (non-hydrogen) atoms. The minimum atomic E-state index is -3.79. The predicted molar refractivity (Wildman–Crippen MR) is 156 cm³/mol. The van der Waals surface area contributed by atoms with Gasteiger partial charge in [0.05, 0.1) is 14.7 Å². The van der Waals surface area contributed by atoms with Crippen molar-refractivity contribution in [2.45, 2.75) is 39.9 Å². The van der Waals surface area contributed by atoms with Crippen LogP contribution in [-0.2, 0) is 29.7 Å². The molecule has 0 aliphatic carbocycles. The van der Waals surface area contributed by atoms with Crippen LogP contribution in [0.25, 0.3) is 0 Å². The number of piperidine rings is 1. The molecule has 1 atom stereocenters. The second-order valence-electron chi connectivity index (χ2n) is 10.8. The molecule has 0 saturated carbocycles. The molecule has 228 valence electrons. The Morgan fingerprint density at radius 1 is 0.738 bits per heavy atom. The number of sulfone groups is 2. The Hall–Kier alpha value is -2.71. The number of likely N-dealkylation sites (tertiary alicyclic amines) is 1. The van der Waals surface area contributed by atoms with E-state index in [-0.39, 0.29) is 33.1 Å². The van der Waals surface area contributed by atoms with Gasteiger partial charge in [0, 0.05) is 31.0 Å². The Kier molecular flexibility index (Phi) is 9.88. The summed E-state index contributed by atoms with van der Waals surface area (Å²) in [7, 11) is -10.6. The monoisotopic (exact) mass is 640 g/mol. The number of benzene rings is 3. The highest BCUT2D eigenvalue weighted by molar-refractivity contribution is 7.91. The first-order chi connectivity index (χ1) is 19.6. The molecule has 0 aromatic heterocycles. The van der Waals surface area contributed by atoms with Crippen LogP contribution in [0.2, 0.25) is 0 Å². The largest absolute Gasteiger partial charge is 0.303 e. The van der Waals surface area contributed by atoms with E-state index in [4.69, 9.17) is 0 Å². The molecule has 0 bridgehead atoms. The van der Waals surface area contributed by atoms with Crippen molar-refractivity contribution in [3.8, 4) is 0 Å². The van der Waals surface area contributed by atoms with Crippen LogP contribution in [0.1, 0.15) is 36.3 Å². The van der Waals surface area contributed by atoms with Gasteiger partial charge in [-0.05, 0) is 104 Å². The first-order valence-corrected chi connectivity index (χ1v) is 18.7. The quantitative estimate of drug-likeness (QED) is 0.337. The van der Waals surface area contributed by atoms with Crippen LogP contribution >= 0.6 is 0 Å². The van der Waals surface area contributed by atoms with E-state index < -0.39 is 41.3 Å². The van der Waals surface area contributed by atoms with Crippen molar-refractivity contribution in [1.82, 2.24) is 9.62 Å². The predicted octanol–water partition coefficient (Wildman–Crippen LogP) is 3.98. The zero-order valence-electron chi connectivity index (χ0n) is 23.3. The smallest absolute Gasteiger partial charge is 0.240 e. The van der Waals surface area contributed by atoms with Gasteiger partial charge in [0.1, 0.15) is 11.6 Å². The zero-order chi connectivity index (χ0) is 30.7. The number of nitrogens with one attached hydrogen (secondary N) is 1. The highest BCUT2D eigenvalue weighted by Crippen LogP contribution is 2.31. The van der Waals surface area contributed by atoms with Crippen molar-refractivity contribution in [3.63, 3.8) is 0 Å². The number of nitrogens with zero attached hydrogens (tertiary/aromatic N) is 1. The maximum atomic E-state index is 14.1. The molecule has 1 fully saturated rings. The summed E-state index contributed by atoms with van der Waals surface area (Å²) in [6.45, 7) is 2.31. The van der Waals surface area contributed by atoms with Gasteiger partial charge in [-0.25, -0.2) is 38.8 Å². The molecule has 1 heterocycles. The lowest BCUT2D eigenvalue weighted by atomic mass is 9.87. The third kappa shape index (κ3) is 8.44. The van der Waals surface area contributed by atoms with Crippen LogP contribution in [0.5, 0.6) is 0 Å². The van der Waals surface area contributed by atoms with Gasteiger partial charge in [-0.1, -0.05) is 12.1 Å². The summed E-state index contributed by atoms with van der Waals surface area (Å²) in [4.78, 5) is 2.43. The van der Waals surface area contributed by atoms with E-state index >= 15 is 0 Å². The van der Waals surface area contributed by atoms with Gasteiger partial charge in [0.15, 0.2) is 19.7 Å². The molecule has 1 N–H and O–H groups in total. The third-order valence-electron chi connectivity index (χ3n) is 7.56. The van der Waals surface area contributed by atoms with Crippen LogP contribution < -0.4 is 4.72 Å². The van der Waals surface area contributed by atoms with Gasteiger partial charge in [-0.2, -0.15) is 0 Å². The van der Waals surface area contributed by atoms with Crippen molar-refractivity contribution in [2.24, 2.45) is 5.92 Å². The number of sulfonamides is 1. The van der Waals surface area contributed by atoms with Crippen LogP contribution in [0, 0.1) is 17.6 Å². The van der Waals surface area contributed by atoms with Gasteiger partial charge >= 0.3 is 0 Å². The summed E-state index contributed by atoms with van der Waals surface area (Å²) in [6.07, 6.45) is 4.21. The average molecular weight is 641 g/mol. The first kappa shape index (κ1) is 32.2. The lowest BCUT2D eigenvalue weighted by Gasteiger charge is -2.33. The Bertz CT molecular complexity index is 1700. The fourth-order valence-corrected chi connectivity index (χ4v) is 7.53. The maximum Gasteiger partial charge on any atom is 0.240 e. The van der Waals surface area contributed by atoms with Crippen molar-refractivity contribution in [2.75, 3.05) is 38.7 Å². The number of rotatable bonds is 11. The summed E-state index contributed by atoms with van der Waals surface area (Å²) in [5.74, 6) is -1.61. The molecule has 0 spiro atoms. The van der Waals surface area contributed by atoms with E-state index in [0.29, 0.717) is 31.6 Å². The summed E-state index contributed by atoms with van der Waals surface area (Å²) in [6, 6.07) is 14.9. The topological polar surface area (TPSA) is 118 Å². The summed E-state index contributed by atoms with van der Waals surface area (Å²) in [5, 5.41) is 0. The molecular weight excluding hydrogens is 607 g/mol. The summed E-state index contributed by atoms with van der Waals surface area (Å²) >= 11 is 0. The molecule has 4 rings (SSSR count). The minimum absolute atomic E-state index is 0.00303. The fourth-order valence-electron chi connectivity index (χ4n) is 5.15. The second-order valence-corrected chi connectivity index (χ2v) is 16.6. The SMILES string of the molecule is CS(=O)(=O)c1ccc(C(CCN2CCC(CNS(=O)(=O)c3ccc(S(C)(=O)=O)cc3)CC2)c2cc(F)cc(F)c2)cc1. The van der Waals surface area contributed by atoms with Crippen LogP contribution in [0.4, 0.5) is 8.78 Å². The molecule has 0 radical (unpaired) electrons. The van der Waals surface area contributed by atoms with Crippen molar-refractivity contribution in [1.29, 1.82) is 0 Å². The molecule has 8 nitrogen and oxygen atoms in total. The molecule has 0 amide bonds. The highest BCUT2D eigenvalue weighted by atomic mass is 32.2. The summed E-state index contributed by atoms with van der Waals surface area (Å²) < 4.78 is 103. The van der Waals surface area contributed by atoms with E-state index in [1.165, 1.54) is 48.5 Å². The molecular formula is C29H34F2N2O6S3. The molecule has 1 unspecified atom stereocenters. The fraction of sp³-hybridized carbons (Fsp3) is 0.379. The number of hydrogen-bond acceptors (Lipinski definition) is 7. The van der Waals surface area contributed by atoms with Crippen molar-refractivity contribution >= 4 is 29.7 Å². The van der Waals surface area contributed by atoms with Crippen LogP contribution in [0.3, 0.4) is 0 Å². The normalized spacial score (nSPS) is 16.4. The first-order valence-electron chi connectivity index (χ1n) is 13.4. The number of hydrogen-bond donors (Lipinski definition) is 1. The Morgan fingerprint density at radius 3 is 1.71 bits per heavy atom. The lowest BCUT2D eigenvalue weighted by molar-refractivity contribution is 0.182. The number of halogens is 2. The van der Waals surface area contributed by atoms with E-state index in [9.17, 15) is 34.0 Å². The van der Waals surface area contributed by atoms with Gasteiger partial charge < -0.3 is 4.90 Å².